The highest BCUT2D eigenvalue weighted by Crippen LogP contribution is 2.15. The van der Waals surface area contributed by atoms with Crippen LogP contribution in [0.2, 0.25) is 0 Å². The van der Waals surface area contributed by atoms with Crippen LogP contribution < -0.4 is 11.1 Å². The van der Waals surface area contributed by atoms with Crippen molar-refractivity contribution in [2.45, 2.75) is 6.42 Å². The van der Waals surface area contributed by atoms with Crippen LogP contribution in [-0.2, 0) is 13.5 Å². The lowest BCUT2D eigenvalue weighted by atomic mass is 10.2. The van der Waals surface area contributed by atoms with Crippen LogP contribution in [-0.4, -0.2) is 28.5 Å². The Morgan fingerprint density at radius 3 is 3.15 bits per heavy atom. The van der Waals surface area contributed by atoms with Crippen molar-refractivity contribution in [3.05, 3.63) is 40.1 Å². The molecule has 0 fully saturated rings. The number of carbonyl (C=O) groups excluding carboxylic acids is 1. The topological polar surface area (TPSA) is 72.9 Å². The Morgan fingerprint density at radius 2 is 2.45 bits per heavy atom. The quantitative estimate of drug-likeness (QED) is 0.816. The number of amides is 1. The SMILES string of the molecule is Cn1ccnc1CCNC(=O)c1sccc1C#CCN. The van der Waals surface area contributed by atoms with E-state index >= 15 is 0 Å². The van der Waals surface area contributed by atoms with E-state index in [4.69, 9.17) is 5.73 Å². The number of thiophene rings is 1. The minimum Gasteiger partial charge on any atom is -0.351 e. The van der Waals surface area contributed by atoms with Gasteiger partial charge in [-0.3, -0.25) is 4.79 Å². The first-order valence-corrected chi connectivity index (χ1v) is 7.11. The van der Waals surface area contributed by atoms with Gasteiger partial charge in [-0.1, -0.05) is 11.8 Å². The normalized spacial score (nSPS) is 9.90. The summed E-state index contributed by atoms with van der Waals surface area (Å²) in [7, 11) is 1.93. The third-order valence-corrected chi connectivity index (χ3v) is 3.66. The monoisotopic (exact) mass is 288 g/mol. The van der Waals surface area contributed by atoms with Gasteiger partial charge in [0.25, 0.3) is 5.91 Å². The first kappa shape index (κ1) is 14.3. The van der Waals surface area contributed by atoms with Crippen molar-refractivity contribution in [2.24, 2.45) is 12.8 Å². The Hall–Kier alpha value is -2.10. The van der Waals surface area contributed by atoms with E-state index in [0.29, 0.717) is 17.8 Å². The molecule has 2 rings (SSSR count). The molecule has 0 aromatic carbocycles. The maximum absolute atomic E-state index is 12.1. The van der Waals surface area contributed by atoms with Gasteiger partial charge in [-0.2, -0.15) is 0 Å². The summed E-state index contributed by atoms with van der Waals surface area (Å²) in [6.07, 6.45) is 4.33. The van der Waals surface area contributed by atoms with E-state index in [2.05, 4.69) is 22.1 Å². The van der Waals surface area contributed by atoms with Gasteiger partial charge in [0.2, 0.25) is 0 Å². The van der Waals surface area contributed by atoms with Gasteiger partial charge in [0.05, 0.1) is 6.54 Å². The fraction of sp³-hybridized carbons (Fsp3) is 0.286. The molecule has 0 saturated heterocycles. The molecule has 2 aromatic heterocycles. The van der Waals surface area contributed by atoms with Crippen molar-refractivity contribution >= 4 is 17.2 Å². The number of hydrogen-bond donors (Lipinski definition) is 2. The Kier molecular flexibility index (Phi) is 4.93. The summed E-state index contributed by atoms with van der Waals surface area (Å²) in [5.41, 5.74) is 6.07. The van der Waals surface area contributed by atoms with Crippen LogP contribution in [0.3, 0.4) is 0 Å². The number of aromatic nitrogens is 2. The molecule has 3 N–H and O–H groups in total. The van der Waals surface area contributed by atoms with Crippen LogP contribution in [0.4, 0.5) is 0 Å². The zero-order chi connectivity index (χ0) is 14.4. The van der Waals surface area contributed by atoms with Crippen molar-refractivity contribution in [1.82, 2.24) is 14.9 Å². The van der Waals surface area contributed by atoms with Gasteiger partial charge < -0.3 is 15.6 Å². The predicted molar refractivity (Wildman–Crippen MR) is 79.5 cm³/mol. The maximum atomic E-state index is 12.1. The van der Waals surface area contributed by atoms with E-state index in [1.807, 2.05) is 29.3 Å². The average Bonchev–Trinajstić information content (AvgIpc) is 3.06. The predicted octanol–water partition coefficient (Wildman–Crippen LogP) is 0.764. The van der Waals surface area contributed by atoms with Crippen molar-refractivity contribution < 1.29 is 4.79 Å². The third kappa shape index (κ3) is 3.47. The molecule has 0 aliphatic carbocycles. The van der Waals surface area contributed by atoms with Gasteiger partial charge in [0.1, 0.15) is 10.7 Å². The molecule has 5 nitrogen and oxygen atoms in total. The van der Waals surface area contributed by atoms with Gasteiger partial charge in [0.15, 0.2) is 0 Å². The van der Waals surface area contributed by atoms with E-state index in [-0.39, 0.29) is 12.5 Å². The lowest BCUT2D eigenvalue weighted by molar-refractivity contribution is 0.0958. The first-order chi connectivity index (χ1) is 9.72. The molecule has 2 heterocycles. The number of nitrogens with zero attached hydrogens (tertiary/aromatic N) is 2. The summed E-state index contributed by atoms with van der Waals surface area (Å²) in [6.45, 7) is 0.835. The van der Waals surface area contributed by atoms with Gasteiger partial charge in [-0.15, -0.1) is 11.3 Å². The molecular weight excluding hydrogens is 272 g/mol. The van der Waals surface area contributed by atoms with Crippen molar-refractivity contribution in [3.63, 3.8) is 0 Å². The minimum atomic E-state index is -0.101. The van der Waals surface area contributed by atoms with E-state index in [0.717, 1.165) is 11.4 Å². The van der Waals surface area contributed by atoms with Crippen molar-refractivity contribution in [3.8, 4) is 11.8 Å². The van der Waals surface area contributed by atoms with Crippen LogP contribution in [0, 0.1) is 11.8 Å². The second-order valence-electron chi connectivity index (χ2n) is 4.13. The van der Waals surface area contributed by atoms with Crippen molar-refractivity contribution in [1.29, 1.82) is 0 Å². The molecule has 104 valence electrons. The number of aryl methyl sites for hydroxylation is 1. The van der Waals surface area contributed by atoms with E-state index in [9.17, 15) is 4.79 Å². The number of carbonyl (C=O) groups is 1. The molecule has 0 bridgehead atoms. The maximum Gasteiger partial charge on any atom is 0.262 e. The molecule has 2 aromatic rings. The van der Waals surface area contributed by atoms with Crippen LogP contribution in [0.5, 0.6) is 0 Å². The Bertz CT molecular complexity index is 647. The smallest absolute Gasteiger partial charge is 0.262 e. The van der Waals surface area contributed by atoms with Gasteiger partial charge in [-0.25, -0.2) is 4.98 Å². The highest BCUT2D eigenvalue weighted by molar-refractivity contribution is 7.12. The number of imidazole rings is 1. The third-order valence-electron chi connectivity index (χ3n) is 2.75. The molecule has 6 heteroatoms. The van der Waals surface area contributed by atoms with Crippen LogP contribution in [0.15, 0.2) is 23.8 Å². The number of rotatable bonds is 4. The Labute approximate surface area is 121 Å². The van der Waals surface area contributed by atoms with E-state index in [1.54, 1.807) is 6.20 Å². The Morgan fingerprint density at radius 1 is 1.60 bits per heavy atom. The first-order valence-electron chi connectivity index (χ1n) is 6.23. The summed E-state index contributed by atoms with van der Waals surface area (Å²) < 4.78 is 1.94. The Balaban J connectivity index is 1.92. The van der Waals surface area contributed by atoms with Crippen LogP contribution >= 0.6 is 11.3 Å². The number of nitrogens with two attached hydrogens (primary N) is 1. The molecule has 0 atom stereocenters. The zero-order valence-electron chi connectivity index (χ0n) is 11.2. The molecule has 0 saturated carbocycles. The van der Waals surface area contributed by atoms with E-state index in [1.165, 1.54) is 11.3 Å². The highest BCUT2D eigenvalue weighted by Gasteiger charge is 2.11. The lowest BCUT2D eigenvalue weighted by Gasteiger charge is -2.04. The summed E-state index contributed by atoms with van der Waals surface area (Å²) in [6, 6.07) is 1.83. The fourth-order valence-electron chi connectivity index (χ4n) is 1.74. The zero-order valence-corrected chi connectivity index (χ0v) is 12.0. The van der Waals surface area contributed by atoms with E-state index < -0.39 is 0 Å². The highest BCUT2D eigenvalue weighted by atomic mass is 32.1. The number of nitrogens with one attached hydrogen (secondary N) is 1. The average molecular weight is 288 g/mol. The molecule has 0 aliphatic rings. The summed E-state index contributed by atoms with van der Waals surface area (Å²) >= 11 is 1.38. The van der Waals surface area contributed by atoms with Gasteiger partial charge in [0, 0.05) is 38.0 Å². The molecule has 20 heavy (non-hydrogen) atoms. The van der Waals surface area contributed by atoms with Crippen LogP contribution in [0.25, 0.3) is 0 Å². The lowest BCUT2D eigenvalue weighted by Crippen LogP contribution is -2.26. The molecule has 0 unspecified atom stereocenters. The molecule has 0 aliphatic heterocycles. The van der Waals surface area contributed by atoms with Gasteiger partial charge >= 0.3 is 0 Å². The summed E-state index contributed by atoms with van der Waals surface area (Å²) in [5.74, 6) is 6.51. The fourth-order valence-corrected chi connectivity index (χ4v) is 2.50. The second-order valence-corrected chi connectivity index (χ2v) is 5.05. The largest absolute Gasteiger partial charge is 0.351 e. The van der Waals surface area contributed by atoms with Crippen molar-refractivity contribution in [2.75, 3.05) is 13.1 Å². The molecular formula is C14H16N4OS. The summed E-state index contributed by atoms with van der Waals surface area (Å²) in [5, 5.41) is 4.74. The molecule has 0 spiro atoms. The molecule has 0 radical (unpaired) electrons. The molecule has 1 amide bonds. The van der Waals surface area contributed by atoms with Gasteiger partial charge in [-0.05, 0) is 11.4 Å². The number of hydrogen-bond acceptors (Lipinski definition) is 4. The summed E-state index contributed by atoms with van der Waals surface area (Å²) in [4.78, 5) is 16.9. The standard InChI is InChI=1S/C14H16N4OS/c1-18-9-8-16-12(18)4-7-17-14(19)13-11(3-2-6-15)5-10-20-13/h5,8-10H,4,6-7,15H2,1H3,(H,17,19). The second kappa shape index (κ2) is 6.89. The minimum absolute atomic E-state index is 0.101. The van der Waals surface area contributed by atoms with Crippen LogP contribution in [0.1, 0.15) is 21.1 Å².